The zero-order valence-corrected chi connectivity index (χ0v) is 32.9. The highest BCUT2D eigenvalue weighted by molar-refractivity contribution is 7.86. The number of carbonyl (C=O) groups excluding carboxylic acids is 1. The molecule has 5 rings (SSSR count). The van der Waals surface area contributed by atoms with E-state index in [1.807, 2.05) is 27.7 Å². The molecule has 4 N–H and O–H groups in total. The van der Waals surface area contributed by atoms with Crippen molar-refractivity contribution in [3.63, 3.8) is 0 Å². The largest absolute Gasteiger partial charge is 0.493 e. The van der Waals surface area contributed by atoms with Crippen molar-refractivity contribution in [2.45, 2.75) is 88.8 Å². The molecule has 1 fully saturated rings. The predicted octanol–water partition coefficient (Wildman–Crippen LogP) is 6.05. The first-order valence-corrected chi connectivity index (χ1v) is 20.2. The molecule has 288 valence electrons. The summed E-state index contributed by atoms with van der Waals surface area (Å²) in [5.74, 6) is 2.18. The van der Waals surface area contributed by atoms with E-state index in [1.54, 1.807) is 38.5 Å². The molecular weight excluding hydrogens is 709 g/mol. The molecule has 2 aliphatic rings. The monoisotopic (exact) mass is 762 g/mol. The molecule has 0 radical (unpaired) electrons. The molecule has 52 heavy (non-hydrogen) atoms. The van der Waals surface area contributed by atoms with Crippen molar-refractivity contribution in [1.29, 1.82) is 0 Å². The maximum Gasteiger partial charge on any atom is 0.323 e. The number of carbonyl (C=O) groups is 1. The fraction of sp³-hybridized carbons (Fsp3) is 0.500. The number of fused-ring (bicyclic) bond motifs is 3. The Balaban J connectivity index is 0.000000269. The van der Waals surface area contributed by atoms with Crippen molar-refractivity contribution in [3.8, 4) is 11.5 Å². The summed E-state index contributed by atoms with van der Waals surface area (Å²) in [6, 6.07) is 15.8. The molecule has 14 heteroatoms. The molecule has 1 saturated heterocycles. The maximum atomic E-state index is 12.7. The van der Waals surface area contributed by atoms with E-state index < -0.39 is 26.3 Å². The van der Waals surface area contributed by atoms with Crippen LogP contribution in [0.15, 0.2) is 70.5 Å². The van der Waals surface area contributed by atoms with Gasteiger partial charge >= 0.3 is 5.97 Å². The number of hydrogen-bond donors (Lipinski definition) is 3. The summed E-state index contributed by atoms with van der Waals surface area (Å²) in [6.07, 6.45) is 2.70. The van der Waals surface area contributed by atoms with Gasteiger partial charge in [-0.2, -0.15) is 16.8 Å². The Morgan fingerprint density at radius 3 is 1.75 bits per heavy atom. The van der Waals surface area contributed by atoms with Crippen LogP contribution in [-0.2, 0) is 36.2 Å². The van der Waals surface area contributed by atoms with Gasteiger partial charge in [-0.15, -0.1) is 0 Å². The van der Waals surface area contributed by atoms with Crippen molar-refractivity contribution < 1.29 is 44.9 Å². The molecule has 0 bridgehead atoms. The first kappa shape index (κ1) is 42.9. The van der Waals surface area contributed by atoms with Crippen LogP contribution >= 0.6 is 0 Å². The number of nitrogens with zero attached hydrogens (tertiary/aromatic N) is 1. The van der Waals surface area contributed by atoms with Gasteiger partial charge in [0.1, 0.15) is 12.1 Å². The van der Waals surface area contributed by atoms with Gasteiger partial charge < -0.3 is 19.9 Å². The number of benzene rings is 3. The predicted molar refractivity (Wildman–Crippen MR) is 200 cm³/mol. The van der Waals surface area contributed by atoms with E-state index >= 15 is 0 Å². The topological polar surface area (TPSA) is 183 Å². The Kier molecular flexibility index (Phi) is 15.2. The van der Waals surface area contributed by atoms with Gasteiger partial charge in [-0.3, -0.25) is 18.8 Å². The van der Waals surface area contributed by atoms with Crippen LogP contribution in [-0.4, -0.2) is 76.3 Å². The summed E-state index contributed by atoms with van der Waals surface area (Å²) in [5, 5.41) is 0. The van der Waals surface area contributed by atoms with Gasteiger partial charge in [-0.25, -0.2) is 0 Å². The number of nitrogens with two attached hydrogens (primary N) is 1. The zero-order valence-electron chi connectivity index (χ0n) is 31.3. The summed E-state index contributed by atoms with van der Waals surface area (Å²) < 4.78 is 76.2. The Bertz CT molecular complexity index is 1770. The van der Waals surface area contributed by atoms with E-state index in [1.165, 1.54) is 35.4 Å². The van der Waals surface area contributed by atoms with Crippen molar-refractivity contribution in [2.24, 2.45) is 23.5 Å². The number of hydrogen-bond acceptors (Lipinski definition) is 10. The third-order valence-corrected chi connectivity index (χ3v) is 11.0. The van der Waals surface area contributed by atoms with Gasteiger partial charge in [0.2, 0.25) is 0 Å². The van der Waals surface area contributed by atoms with Crippen LogP contribution < -0.4 is 15.2 Å². The van der Waals surface area contributed by atoms with Crippen LogP contribution in [0.25, 0.3) is 0 Å². The minimum atomic E-state index is -4.02. The first-order chi connectivity index (χ1) is 24.2. The van der Waals surface area contributed by atoms with Crippen LogP contribution in [0.2, 0.25) is 0 Å². The minimum Gasteiger partial charge on any atom is -0.493 e. The lowest BCUT2D eigenvalue weighted by Crippen LogP contribution is -2.51. The lowest BCUT2D eigenvalue weighted by molar-refractivity contribution is -0.160. The van der Waals surface area contributed by atoms with E-state index in [2.05, 4.69) is 30.9 Å². The average molecular weight is 763 g/mol. The molecule has 4 atom stereocenters. The van der Waals surface area contributed by atoms with Gasteiger partial charge in [0.25, 0.3) is 20.2 Å². The van der Waals surface area contributed by atoms with Crippen LogP contribution in [0.5, 0.6) is 11.5 Å². The van der Waals surface area contributed by atoms with Crippen molar-refractivity contribution >= 4 is 26.2 Å². The Morgan fingerprint density at radius 1 is 0.846 bits per heavy atom. The maximum absolute atomic E-state index is 12.7. The molecular formula is C38H54N2O10S2. The van der Waals surface area contributed by atoms with E-state index in [9.17, 15) is 21.6 Å². The second kappa shape index (κ2) is 18.5. The summed E-state index contributed by atoms with van der Waals surface area (Å²) in [7, 11) is -4.70. The van der Waals surface area contributed by atoms with E-state index in [0.29, 0.717) is 11.8 Å². The third-order valence-electron chi connectivity index (χ3n) is 9.23. The first-order valence-electron chi connectivity index (χ1n) is 17.3. The van der Waals surface area contributed by atoms with Gasteiger partial charge in [-0.05, 0) is 86.1 Å². The molecule has 3 aromatic rings. The summed E-state index contributed by atoms with van der Waals surface area (Å²) >= 11 is 0. The lowest BCUT2D eigenvalue weighted by Gasteiger charge is -2.47. The third kappa shape index (κ3) is 12.0. The van der Waals surface area contributed by atoms with Crippen LogP contribution in [0, 0.1) is 31.6 Å². The number of ether oxygens (including phenoxy) is 3. The average Bonchev–Trinajstić information content (AvgIpc) is 3.07. The highest BCUT2D eigenvalue weighted by Crippen LogP contribution is 2.44. The Morgan fingerprint density at radius 2 is 1.33 bits per heavy atom. The molecule has 3 aromatic carbocycles. The fourth-order valence-corrected chi connectivity index (χ4v) is 7.26. The van der Waals surface area contributed by atoms with Gasteiger partial charge in [0.05, 0.1) is 24.0 Å². The summed E-state index contributed by atoms with van der Waals surface area (Å²) in [6.45, 7) is 14.0. The quantitative estimate of drug-likeness (QED) is 0.170. The number of aryl methyl sites for hydroxylation is 2. The molecule has 2 aliphatic heterocycles. The molecule has 0 spiro atoms. The number of rotatable bonds is 9. The van der Waals surface area contributed by atoms with Gasteiger partial charge in [-0.1, -0.05) is 63.1 Å². The second-order valence-electron chi connectivity index (χ2n) is 14.1. The van der Waals surface area contributed by atoms with E-state index in [4.69, 9.17) is 29.0 Å². The number of esters is 1. The normalized spacial score (nSPS) is 19.2. The minimum absolute atomic E-state index is 0.0632. The molecule has 0 amide bonds. The second-order valence-corrected chi connectivity index (χ2v) is 17.0. The van der Waals surface area contributed by atoms with Crippen molar-refractivity contribution in [2.75, 3.05) is 27.3 Å². The molecule has 2 heterocycles. The molecule has 12 nitrogen and oxygen atoms in total. The number of methoxy groups -OCH3 is 2. The molecule has 1 unspecified atom stereocenters. The fourth-order valence-electron chi connectivity index (χ4n) is 6.30. The van der Waals surface area contributed by atoms with Crippen molar-refractivity contribution in [1.82, 2.24) is 4.90 Å². The van der Waals surface area contributed by atoms with Crippen LogP contribution in [0.3, 0.4) is 0 Å². The van der Waals surface area contributed by atoms with Crippen LogP contribution in [0.1, 0.15) is 68.8 Å². The smallest absolute Gasteiger partial charge is 0.323 e. The standard InChI is InChI=1S/C24H38N2O4.2C7H8O3S/c1-14(2)9-17-13-26-8-7-16-10-21(28-5)22(29-6)11-18(16)19(26)12-20(17)30-24(27)23(25)15(3)4;2*1-6-2-4-7(5-3-6)11(8,9)10/h10-11,14-15,17,19-20,23H,7-9,12-13,25H2,1-6H3;2*2-5H,1H3,(H,8,9,10)/t17-,19+,20-,23?;;/m1../s1. The van der Waals surface area contributed by atoms with Crippen LogP contribution in [0.4, 0.5) is 0 Å². The van der Waals surface area contributed by atoms with Gasteiger partial charge in [0.15, 0.2) is 11.5 Å². The highest BCUT2D eigenvalue weighted by atomic mass is 32.2. The van der Waals surface area contributed by atoms with Gasteiger partial charge in [0, 0.05) is 31.5 Å². The summed E-state index contributed by atoms with van der Waals surface area (Å²) in [5.41, 5.74) is 10.6. The summed E-state index contributed by atoms with van der Waals surface area (Å²) in [4.78, 5) is 15.1. The highest BCUT2D eigenvalue weighted by Gasteiger charge is 2.41. The van der Waals surface area contributed by atoms with Crippen molar-refractivity contribution in [3.05, 3.63) is 82.9 Å². The Labute approximate surface area is 309 Å². The van der Waals surface area contributed by atoms with E-state index in [0.717, 1.165) is 55.0 Å². The number of piperidine rings is 1. The molecule has 0 saturated carbocycles. The molecule has 0 aliphatic carbocycles. The van der Waals surface area contributed by atoms with E-state index in [-0.39, 0.29) is 33.8 Å². The SMILES string of the molecule is COc1cc2c(cc1OC)[C@@H]1C[C@@H](OC(=O)C(N)C(C)C)[C@H](CC(C)C)CN1CC2.Cc1ccc(S(=O)(=O)O)cc1.Cc1ccc(S(=O)(=O)O)cc1. The molecule has 0 aromatic heterocycles. The zero-order chi connectivity index (χ0) is 39.0. The lowest BCUT2D eigenvalue weighted by atomic mass is 9.79. The Hall–Kier alpha value is -3.53.